The summed E-state index contributed by atoms with van der Waals surface area (Å²) in [7, 11) is 0. The van der Waals surface area contributed by atoms with E-state index in [2.05, 4.69) is 37.3 Å². The molecule has 0 aliphatic carbocycles. The molecule has 15 heteroatoms. The summed E-state index contributed by atoms with van der Waals surface area (Å²) in [6.45, 7) is 4.55. The Morgan fingerprint density at radius 2 is 2.10 bits per heavy atom. The van der Waals surface area contributed by atoms with Crippen molar-refractivity contribution in [2.24, 2.45) is 10.7 Å². The van der Waals surface area contributed by atoms with Crippen LogP contribution in [0, 0.1) is 0 Å². The van der Waals surface area contributed by atoms with Gasteiger partial charge in [-0.05, 0) is 37.4 Å². The first kappa shape index (κ1) is 28.0. The lowest BCUT2D eigenvalue weighted by atomic mass is 10.0. The van der Waals surface area contributed by atoms with Crippen LogP contribution in [0.15, 0.2) is 41.7 Å². The molecule has 210 valence electrons. The zero-order valence-corrected chi connectivity index (χ0v) is 23.2. The second-order valence-corrected chi connectivity index (χ2v) is 10.5. The molecule has 41 heavy (non-hydrogen) atoms. The molecule has 0 saturated carbocycles. The summed E-state index contributed by atoms with van der Waals surface area (Å²) >= 11 is 7.22. The van der Waals surface area contributed by atoms with Gasteiger partial charge in [-0.1, -0.05) is 35.1 Å². The number of fused-ring (bicyclic) bond motifs is 1. The van der Waals surface area contributed by atoms with Crippen LogP contribution in [0.4, 0.5) is 9.52 Å². The van der Waals surface area contributed by atoms with Crippen molar-refractivity contribution < 1.29 is 18.8 Å². The highest BCUT2D eigenvalue weighted by Crippen LogP contribution is 2.27. The zero-order valence-electron chi connectivity index (χ0n) is 21.6. The van der Waals surface area contributed by atoms with Crippen molar-refractivity contribution in [2.45, 2.75) is 32.1 Å². The van der Waals surface area contributed by atoms with Gasteiger partial charge in [0, 0.05) is 17.4 Å². The molecule has 4 heterocycles. The molecule has 1 aliphatic heterocycles. The molecular weight excluding hydrogens is 573 g/mol. The van der Waals surface area contributed by atoms with Gasteiger partial charge in [-0.15, -0.1) is 0 Å². The van der Waals surface area contributed by atoms with Gasteiger partial charge >= 0.3 is 0 Å². The molecule has 0 radical (unpaired) electrons. The second kappa shape index (κ2) is 11.5. The molecule has 1 fully saturated rings. The van der Waals surface area contributed by atoms with Gasteiger partial charge in [-0.25, -0.2) is 9.37 Å². The van der Waals surface area contributed by atoms with Gasteiger partial charge in [0.1, 0.15) is 24.1 Å². The Kier molecular flexibility index (Phi) is 7.85. The number of nitrogens with zero attached hydrogens (tertiary/aromatic N) is 7. The molecule has 3 N–H and O–H groups in total. The Hall–Kier alpha value is -4.56. The van der Waals surface area contributed by atoms with E-state index in [1.54, 1.807) is 43.5 Å². The number of nitrogens with two attached hydrogens (primary N) is 1. The fourth-order valence-electron chi connectivity index (χ4n) is 4.64. The highest BCUT2D eigenvalue weighted by atomic mass is 35.5. The van der Waals surface area contributed by atoms with E-state index in [1.165, 1.54) is 15.8 Å². The Morgan fingerprint density at radius 3 is 2.78 bits per heavy atom. The van der Waals surface area contributed by atoms with E-state index in [4.69, 9.17) is 17.3 Å². The fraction of sp³-hybridized carbons (Fsp3) is 0.231. The lowest BCUT2D eigenvalue weighted by Crippen LogP contribution is -2.44. The van der Waals surface area contributed by atoms with Gasteiger partial charge in [0.2, 0.25) is 11.8 Å². The molecule has 0 bridgehead atoms. The molecule has 2 atom stereocenters. The van der Waals surface area contributed by atoms with Crippen LogP contribution in [0.3, 0.4) is 0 Å². The summed E-state index contributed by atoms with van der Waals surface area (Å²) in [6, 6.07) is 5.88. The summed E-state index contributed by atoms with van der Waals surface area (Å²) in [6.07, 6.45) is 3.28. The predicted octanol–water partition coefficient (Wildman–Crippen LogP) is 1.43. The molecular formula is C26H23ClFN9O3S. The van der Waals surface area contributed by atoms with E-state index in [1.807, 2.05) is 0 Å². The molecule has 12 nitrogen and oxygen atoms in total. The van der Waals surface area contributed by atoms with Crippen LogP contribution in [0.2, 0.25) is 0 Å². The number of carbonyl (C=O) groups is 3. The minimum atomic E-state index is -1.40. The van der Waals surface area contributed by atoms with Crippen LogP contribution in [0.1, 0.15) is 23.8 Å². The monoisotopic (exact) mass is 595 g/mol. The normalized spacial score (nSPS) is 18.0. The number of alkyl halides is 1. The van der Waals surface area contributed by atoms with Crippen LogP contribution in [-0.2, 0) is 16.1 Å². The van der Waals surface area contributed by atoms with Gasteiger partial charge in [0.05, 0.1) is 29.0 Å². The van der Waals surface area contributed by atoms with Gasteiger partial charge in [0.15, 0.2) is 16.0 Å². The molecule has 2 unspecified atom stereocenters. The maximum Gasteiger partial charge on any atom is 0.269 e. The second-order valence-electron chi connectivity index (χ2n) is 9.09. The lowest BCUT2D eigenvalue weighted by molar-refractivity contribution is -0.137. The quantitative estimate of drug-likeness (QED) is 0.241. The number of thiazole rings is 1. The van der Waals surface area contributed by atoms with Crippen molar-refractivity contribution in [1.82, 2.24) is 29.9 Å². The van der Waals surface area contributed by atoms with Crippen molar-refractivity contribution in [3.05, 3.63) is 52.2 Å². The average Bonchev–Trinajstić information content (AvgIpc) is 3.67. The highest BCUT2D eigenvalue weighted by molar-refractivity contribution is 7.13. The first-order valence-electron chi connectivity index (χ1n) is 12.3. The third-order valence-corrected chi connectivity index (χ3v) is 7.87. The van der Waals surface area contributed by atoms with Crippen molar-refractivity contribution in [1.29, 1.82) is 0 Å². The number of nitrogens with one attached hydrogen (secondary N) is 1. The highest BCUT2D eigenvalue weighted by Gasteiger charge is 2.40. The van der Waals surface area contributed by atoms with Crippen LogP contribution >= 0.6 is 22.9 Å². The van der Waals surface area contributed by atoms with Gasteiger partial charge in [0.25, 0.3) is 5.91 Å². The molecule has 3 aromatic heterocycles. The maximum absolute atomic E-state index is 14.5. The molecule has 1 saturated heterocycles. The first-order chi connectivity index (χ1) is 19.7. The number of halogens is 2. The van der Waals surface area contributed by atoms with E-state index < -0.39 is 29.9 Å². The Labute approximate surface area is 241 Å². The zero-order chi connectivity index (χ0) is 29.3. The number of anilines is 1. The predicted molar refractivity (Wildman–Crippen MR) is 153 cm³/mol. The minimum absolute atomic E-state index is 0.0247. The largest absolute Gasteiger partial charge is 0.364 e. The molecule has 3 amide bonds. The van der Waals surface area contributed by atoms with E-state index in [0.717, 1.165) is 22.5 Å². The SMILES string of the molecule is C=N/C(Cl)=c1/nc(NC(=O)C2CC(F)CN2C(=O)Cn2nc(C(N)=O)c3cc(-c4ccnnc4)ccc32)s/c1=C/C. The number of rotatable bonds is 7. The average molecular weight is 596 g/mol. The summed E-state index contributed by atoms with van der Waals surface area (Å²) in [4.78, 5) is 47.9. The number of carbonyl (C=O) groups excluding carboxylic acids is 3. The number of hydrogen-bond acceptors (Lipinski definition) is 9. The summed E-state index contributed by atoms with van der Waals surface area (Å²) in [5.41, 5.74) is 7.53. The van der Waals surface area contributed by atoms with E-state index >= 15 is 0 Å². The number of aromatic nitrogens is 5. The number of benzene rings is 1. The summed E-state index contributed by atoms with van der Waals surface area (Å²) in [5.74, 6) is -1.92. The Bertz CT molecular complexity index is 1810. The van der Waals surface area contributed by atoms with Gasteiger partial charge < -0.3 is 16.0 Å². The van der Waals surface area contributed by atoms with Crippen molar-refractivity contribution in [2.75, 3.05) is 11.9 Å². The topological polar surface area (TPSA) is 161 Å². The summed E-state index contributed by atoms with van der Waals surface area (Å²) in [5, 5.41) is 15.6. The molecule has 1 aromatic carbocycles. The van der Waals surface area contributed by atoms with Crippen molar-refractivity contribution in [3.8, 4) is 11.1 Å². The van der Waals surface area contributed by atoms with E-state index in [9.17, 15) is 18.8 Å². The fourth-order valence-corrected chi connectivity index (χ4v) is 5.70. The van der Waals surface area contributed by atoms with Gasteiger partial charge in [-0.3, -0.25) is 24.1 Å². The number of amides is 3. The summed E-state index contributed by atoms with van der Waals surface area (Å²) < 4.78 is 16.5. The van der Waals surface area contributed by atoms with E-state index in [-0.39, 0.29) is 35.5 Å². The minimum Gasteiger partial charge on any atom is -0.364 e. The Balaban J connectivity index is 1.40. The van der Waals surface area contributed by atoms with Crippen molar-refractivity contribution in [3.63, 3.8) is 0 Å². The molecule has 1 aliphatic rings. The maximum atomic E-state index is 14.5. The molecule has 5 rings (SSSR count). The van der Waals surface area contributed by atoms with Crippen LogP contribution < -0.4 is 20.9 Å². The number of likely N-dealkylation sites (tertiary alicyclic amines) is 1. The smallest absolute Gasteiger partial charge is 0.269 e. The number of hydrogen-bond donors (Lipinski definition) is 2. The van der Waals surface area contributed by atoms with Gasteiger partial charge in [-0.2, -0.15) is 15.3 Å². The van der Waals surface area contributed by atoms with E-state index in [0.29, 0.717) is 20.8 Å². The standard InChI is InChI=1S/C26H23ClFN9O3S/c1-3-19-22(23(27)30-2)33-26(41-19)34-25(40)18-9-15(28)11-36(18)20(38)12-37-17-5-4-13(14-6-7-31-32-10-14)8-16(17)21(35-37)24(29)39/h3-8,10,15,18H,2,9,11-12H2,1H3,(H2,29,39)(H,33,34,40)/b19-3+,23-22+. The van der Waals surface area contributed by atoms with Crippen LogP contribution in [0.5, 0.6) is 0 Å². The van der Waals surface area contributed by atoms with Crippen molar-refractivity contribution >= 4 is 74.6 Å². The lowest BCUT2D eigenvalue weighted by Gasteiger charge is -2.23. The molecule has 4 aromatic rings. The third kappa shape index (κ3) is 5.56. The van der Waals surface area contributed by atoms with Crippen LogP contribution in [0.25, 0.3) is 33.3 Å². The number of primary amides is 1. The Morgan fingerprint density at radius 1 is 1.29 bits per heavy atom. The number of aliphatic imine (C=N–C) groups is 1. The van der Waals surface area contributed by atoms with Crippen LogP contribution in [-0.4, -0.2) is 73.1 Å². The third-order valence-electron chi connectivity index (χ3n) is 6.54. The molecule has 0 spiro atoms. The first-order valence-corrected chi connectivity index (χ1v) is 13.5.